The molecule has 1 aliphatic rings. The zero-order chi connectivity index (χ0) is 20.2. The molecule has 0 aliphatic carbocycles. The molecule has 2 heterocycles. The van der Waals surface area contributed by atoms with Crippen LogP contribution in [0.25, 0.3) is 0 Å². The second-order valence-electron chi connectivity index (χ2n) is 7.41. The van der Waals surface area contributed by atoms with Gasteiger partial charge in [0.05, 0.1) is 18.4 Å². The van der Waals surface area contributed by atoms with Crippen LogP contribution in [0.1, 0.15) is 75.3 Å². The fourth-order valence-corrected chi connectivity index (χ4v) is 2.21. The van der Waals surface area contributed by atoms with Crippen molar-refractivity contribution in [1.82, 2.24) is 14.5 Å². The van der Waals surface area contributed by atoms with Gasteiger partial charge in [0.2, 0.25) is 0 Å². The quantitative estimate of drug-likeness (QED) is 0.692. The SMILES string of the molecule is CC.CC(C)C.CC(C)N1C=CN(C)C1C.CC(C)n1ccc[n+]1C. The largest absolute Gasteiger partial charge is 0.359 e. The Morgan fingerprint density at radius 2 is 1.36 bits per heavy atom. The minimum atomic E-state index is 0.528. The minimum Gasteiger partial charge on any atom is -0.359 e. The highest BCUT2D eigenvalue weighted by Gasteiger charge is 2.19. The van der Waals surface area contributed by atoms with Gasteiger partial charge in [-0.3, -0.25) is 0 Å². The molecule has 0 fully saturated rings. The van der Waals surface area contributed by atoms with Crippen molar-refractivity contribution in [3.8, 4) is 0 Å². The van der Waals surface area contributed by atoms with Crippen molar-refractivity contribution < 1.29 is 4.68 Å². The van der Waals surface area contributed by atoms with E-state index < -0.39 is 0 Å². The number of nitrogens with zero attached hydrogens (tertiary/aromatic N) is 4. The van der Waals surface area contributed by atoms with Gasteiger partial charge in [0.1, 0.15) is 0 Å². The minimum absolute atomic E-state index is 0.528. The van der Waals surface area contributed by atoms with E-state index in [4.69, 9.17) is 0 Å². The summed E-state index contributed by atoms with van der Waals surface area (Å²) in [4.78, 5) is 4.54. The molecule has 1 atom stereocenters. The summed E-state index contributed by atoms with van der Waals surface area (Å²) in [5.41, 5.74) is 0. The highest BCUT2D eigenvalue weighted by Crippen LogP contribution is 2.15. The topological polar surface area (TPSA) is 15.3 Å². The molecule has 25 heavy (non-hydrogen) atoms. The highest BCUT2D eigenvalue weighted by atomic mass is 15.4. The van der Waals surface area contributed by atoms with Crippen molar-refractivity contribution in [3.05, 3.63) is 30.9 Å². The molecule has 0 saturated heterocycles. The van der Waals surface area contributed by atoms with Gasteiger partial charge in [0.15, 0.2) is 13.2 Å². The van der Waals surface area contributed by atoms with Gasteiger partial charge >= 0.3 is 0 Å². The van der Waals surface area contributed by atoms with Gasteiger partial charge in [-0.15, -0.1) is 4.68 Å². The second-order valence-corrected chi connectivity index (χ2v) is 7.41. The lowest BCUT2D eigenvalue weighted by Gasteiger charge is -2.30. The number of aryl methyl sites for hydroxylation is 1. The van der Waals surface area contributed by atoms with Crippen LogP contribution in [0.2, 0.25) is 0 Å². The Kier molecular flexibility index (Phi) is 14.2. The molecule has 1 unspecified atom stereocenters. The molecule has 0 bridgehead atoms. The van der Waals surface area contributed by atoms with Crippen LogP contribution in [0, 0.1) is 5.92 Å². The van der Waals surface area contributed by atoms with Gasteiger partial charge in [-0.1, -0.05) is 34.6 Å². The third-order valence-electron chi connectivity index (χ3n) is 3.53. The Morgan fingerprint density at radius 3 is 1.52 bits per heavy atom. The number of aromatic nitrogens is 2. The maximum atomic E-state index is 2.33. The molecular weight excluding hydrogens is 308 g/mol. The van der Waals surface area contributed by atoms with Crippen LogP contribution in [-0.4, -0.2) is 33.7 Å². The third kappa shape index (κ3) is 10.9. The van der Waals surface area contributed by atoms with Crippen LogP contribution in [0.5, 0.6) is 0 Å². The first kappa shape index (κ1) is 25.8. The van der Waals surface area contributed by atoms with Crippen LogP contribution < -0.4 is 4.68 Å². The molecule has 0 saturated carbocycles. The number of hydrogen-bond donors (Lipinski definition) is 0. The van der Waals surface area contributed by atoms with Crippen LogP contribution in [0.4, 0.5) is 0 Å². The van der Waals surface area contributed by atoms with E-state index in [0.29, 0.717) is 18.2 Å². The smallest absolute Gasteiger partial charge is 0.195 e. The number of hydrogen-bond acceptors (Lipinski definition) is 2. The summed E-state index contributed by atoms with van der Waals surface area (Å²) >= 11 is 0. The predicted molar refractivity (Wildman–Crippen MR) is 111 cm³/mol. The van der Waals surface area contributed by atoms with E-state index in [-0.39, 0.29) is 0 Å². The summed E-state index contributed by atoms with van der Waals surface area (Å²) in [6.45, 7) is 21.5. The summed E-state index contributed by atoms with van der Waals surface area (Å²) in [6.07, 6.45) is 8.91. The predicted octanol–water partition coefficient (Wildman–Crippen LogP) is 5.04. The Labute approximate surface area is 158 Å². The summed E-state index contributed by atoms with van der Waals surface area (Å²) in [6, 6.07) is 3.21. The zero-order valence-corrected chi connectivity index (χ0v) is 19.0. The molecule has 0 amide bonds. The molecule has 148 valence electrons. The molecule has 1 aromatic rings. The van der Waals surface area contributed by atoms with E-state index >= 15 is 0 Å². The third-order valence-corrected chi connectivity index (χ3v) is 3.53. The lowest BCUT2D eigenvalue weighted by molar-refractivity contribution is -0.755. The Morgan fingerprint density at radius 1 is 0.880 bits per heavy atom. The average Bonchev–Trinajstić information content (AvgIpc) is 3.08. The summed E-state index contributed by atoms with van der Waals surface area (Å²) in [5, 5.41) is 0. The zero-order valence-electron chi connectivity index (χ0n) is 19.0. The number of rotatable bonds is 2. The maximum Gasteiger partial charge on any atom is 0.195 e. The van der Waals surface area contributed by atoms with Crippen molar-refractivity contribution in [2.45, 2.75) is 87.5 Å². The second kappa shape index (κ2) is 13.8. The van der Waals surface area contributed by atoms with Crippen molar-refractivity contribution in [3.63, 3.8) is 0 Å². The van der Waals surface area contributed by atoms with Gasteiger partial charge in [0, 0.05) is 31.6 Å². The van der Waals surface area contributed by atoms with Crippen LogP contribution in [0.15, 0.2) is 30.9 Å². The van der Waals surface area contributed by atoms with Crippen molar-refractivity contribution >= 4 is 0 Å². The van der Waals surface area contributed by atoms with E-state index in [1.807, 2.05) is 33.2 Å². The molecule has 1 aromatic heterocycles. The van der Waals surface area contributed by atoms with Crippen molar-refractivity contribution in [2.75, 3.05) is 7.05 Å². The van der Waals surface area contributed by atoms with Gasteiger partial charge in [-0.05, 0) is 40.5 Å². The van der Waals surface area contributed by atoms with E-state index in [1.165, 1.54) is 0 Å². The average molecular weight is 354 g/mol. The Hall–Kier alpha value is -1.45. The molecular formula is C21H45N4+. The lowest BCUT2D eigenvalue weighted by atomic mass is 10.3. The summed E-state index contributed by atoms with van der Waals surface area (Å²) in [7, 11) is 4.14. The van der Waals surface area contributed by atoms with Crippen molar-refractivity contribution in [2.24, 2.45) is 13.0 Å². The molecule has 1 aliphatic heterocycles. The van der Waals surface area contributed by atoms with E-state index in [1.54, 1.807) is 0 Å². The van der Waals surface area contributed by atoms with Gasteiger partial charge in [-0.2, -0.15) is 4.68 Å². The molecule has 0 aromatic carbocycles. The molecule has 0 N–H and O–H groups in total. The first-order valence-electron chi connectivity index (χ1n) is 9.78. The van der Waals surface area contributed by atoms with Crippen LogP contribution in [-0.2, 0) is 7.05 Å². The fourth-order valence-electron chi connectivity index (χ4n) is 2.21. The van der Waals surface area contributed by atoms with Crippen molar-refractivity contribution in [1.29, 1.82) is 0 Å². The summed E-state index contributed by atoms with van der Waals surface area (Å²) in [5.74, 6) is 0.833. The van der Waals surface area contributed by atoms with E-state index in [2.05, 4.69) is 100 Å². The molecule has 0 spiro atoms. The van der Waals surface area contributed by atoms with E-state index in [0.717, 1.165) is 5.92 Å². The Balaban J connectivity index is 0. The monoisotopic (exact) mass is 353 g/mol. The van der Waals surface area contributed by atoms with Gasteiger partial charge in [0.25, 0.3) is 0 Å². The Bertz CT molecular complexity index is 444. The molecule has 0 radical (unpaired) electrons. The van der Waals surface area contributed by atoms with Crippen LogP contribution in [0.3, 0.4) is 0 Å². The standard InChI is InChI=1S/C8H16N2.C7H13N2.C4H10.C2H6/c1-7(2)10-6-5-9(4)8(10)3;1-7(2)9-6-4-5-8(9)3;1-4(2)3;1-2/h5-8H,1-4H3;4-7H,1-3H3;4H,1-3H3;1-2H3/q;+1;;. The summed E-state index contributed by atoms with van der Waals surface area (Å²) < 4.78 is 4.24. The van der Waals surface area contributed by atoms with Gasteiger partial charge < -0.3 is 9.80 Å². The highest BCUT2D eigenvalue weighted by molar-refractivity contribution is 4.94. The first-order valence-corrected chi connectivity index (χ1v) is 9.78. The maximum absolute atomic E-state index is 2.33. The lowest BCUT2D eigenvalue weighted by Crippen LogP contribution is -2.38. The van der Waals surface area contributed by atoms with Crippen LogP contribution >= 0.6 is 0 Å². The van der Waals surface area contributed by atoms with Gasteiger partial charge in [-0.25, -0.2) is 0 Å². The fraction of sp³-hybridized carbons (Fsp3) is 0.762. The van der Waals surface area contributed by atoms with E-state index in [9.17, 15) is 0 Å². The first-order chi connectivity index (χ1) is 11.6. The molecule has 4 heteroatoms. The molecule has 4 nitrogen and oxygen atoms in total. The molecule has 2 rings (SSSR count). The normalized spacial score (nSPS) is 15.6.